The number of carbonyl (C=O) groups is 2. The summed E-state index contributed by atoms with van der Waals surface area (Å²) >= 11 is 5.90. The van der Waals surface area contributed by atoms with Crippen molar-refractivity contribution in [2.45, 2.75) is 19.3 Å². The van der Waals surface area contributed by atoms with Crippen LogP contribution in [0.5, 0.6) is 11.5 Å². The van der Waals surface area contributed by atoms with Crippen LogP contribution in [0.3, 0.4) is 0 Å². The monoisotopic (exact) mass is 414 g/mol. The number of fused-ring (bicyclic) bond motifs is 1. The zero-order valence-electron chi connectivity index (χ0n) is 16.0. The van der Waals surface area contributed by atoms with Crippen molar-refractivity contribution in [3.8, 4) is 11.5 Å². The molecular weight excluding hydrogens is 392 g/mol. The van der Waals surface area contributed by atoms with E-state index in [0.717, 1.165) is 19.3 Å². The Hall–Kier alpha value is -2.73. The van der Waals surface area contributed by atoms with Gasteiger partial charge in [-0.2, -0.15) is 0 Å². The van der Waals surface area contributed by atoms with E-state index in [-0.39, 0.29) is 17.7 Å². The number of nitrogens with one attached hydrogen (secondary N) is 1. The first kappa shape index (κ1) is 19.6. The van der Waals surface area contributed by atoms with E-state index in [1.165, 1.54) is 0 Å². The van der Waals surface area contributed by atoms with Crippen LogP contribution in [0.15, 0.2) is 42.5 Å². The number of benzene rings is 2. The number of ether oxygens (including phenoxy) is 2. The van der Waals surface area contributed by atoms with Crippen molar-refractivity contribution in [1.82, 2.24) is 4.90 Å². The molecule has 7 heteroatoms. The number of carbonyl (C=O) groups excluding carboxylic acids is 2. The number of likely N-dealkylation sites (tertiary alicyclic amines) is 1. The number of hydrogen-bond acceptors (Lipinski definition) is 4. The molecule has 152 valence electrons. The molecule has 0 bridgehead atoms. The van der Waals surface area contributed by atoms with Crippen LogP contribution in [0.4, 0.5) is 5.69 Å². The number of nitrogens with zero attached hydrogens (tertiary/aromatic N) is 1. The van der Waals surface area contributed by atoms with Crippen LogP contribution in [-0.2, 0) is 4.79 Å². The molecule has 1 saturated heterocycles. The van der Waals surface area contributed by atoms with Gasteiger partial charge in [-0.25, -0.2) is 0 Å². The first-order chi connectivity index (χ1) is 14.1. The second-order valence-electron chi connectivity index (χ2n) is 7.30. The van der Waals surface area contributed by atoms with E-state index in [9.17, 15) is 9.59 Å². The Morgan fingerprint density at radius 1 is 1.00 bits per heavy atom. The summed E-state index contributed by atoms with van der Waals surface area (Å²) in [6.45, 7) is 2.26. The summed E-state index contributed by atoms with van der Waals surface area (Å²) in [5.74, 6) is 0.917. The van der Waals surface area contributed by atoms with Crippen LogP contribution >= 0.6 is 11.6 Å². The number of piperidine rings is 1. The van der Waals surface area contributed by atoms with Crippen molar-refractivity contribution in [2.75, 3.05) is 31.6 Å². The molecule has 2 amide bonds. The third-order valence-corrected chi connectivity index (χ3v) is 5.44. The van der Waals surface area contributed by atoms with Gasteiger partial charge in [-0.3, -0.25) is 9.59 Å². The molecular formula is C22H23ClN2O4. The molecule has 2 heterocycles. The maximum absolute atomic E-state index is 12.8. The average Bonchev–Trinajstić information content (AvgIpc) is 2.99. The Morgan fingerprint density at radius 2 is 1.76 bits per heavy atom. The highest BCUT2D eigenvalue weighted by Gasteiger charge is 2.29. The number of halogens is 1. The second-order valence-corrected chi connectivity index (χ2v) is 7.73. The van der Waals surface area contributed by atoms with Crippen LogP contribution in [0.2, 0.25) is 5.02 Å². The molecule has 2 aromatic rings. The standard InChI is InChI=1S/C22H23ClN2O4/c23-17-6-4-15(5-7-17)22(27)25-10-1-3-16(14-25)21(26)24-18-8-9-19-20(13-18)29-12-2-11-28-19/h4-9,13,16H,1-3,10-12,14H2,(H,24,26). The van der Waals surface area contributed by atoms with Crippen LogP contribution in [0.25, 0.3) is 0 Å². The Labute approximate surface area is 174 Å². The summed E-state index contributed by atoms with van der Waals surface area (Å²) in [7, 11) is 0. The smallest absolute Gasteiger partial charge is 0.253 e. The van der Waals surface area contributed by atoms with Crippen molar-refractivity contribution in [2.24, 2.45) is 5.92 Å². The number of hydrogen-bond donors (Lipinski definition) is 1. The van der Waals surface area contributed by atoms with E-state index >= 15 is 0 Å². The van der Waals surface area contributed by atoms with E-state index in [4.69, 9.17) is 21.1 Å². The lowest BCUT2D eigenvalue weighted by Crippen LogP contribution is -2.43. The molecule has 2 aliphatic rings. The molecule has 0 radical (unpaired) electrons. The second kappa shape index (κ2) is 8.74. The van der Waals surface area contributed by atoms with E-state index < -0.39 is 0 Å². The fourth-order valence-corrected chi connectivity index (χ4v) is 3.76. The Morgan fingerprint density at radius 3 is 2.55 bits per heavy atom. The Kier molecular flexibility index (Phi) is 5.90. The topological polar surface area (TPSA) is 67.9 Å². The highest BCUT2D eigenvalue weighted by Crippen LogP contribution is 2.32. The van der Waals surface area contributed by atoms with Gasteiger partial charge in [0.15, 0.2) is 11.5 Å². The van der Waals surface area contributed by atoms with E-state index in [0.29, 0.717) is 54.1 Å². The Balaban J connectivity index is 1.40. The summed E-state index contributed by atoms with van der Waals surface area (Å²) in [4.78, 5) is 27.3. The number of amides is 2. The van der Waals surface area contributed by atoms with Gasteiger partial charge in [-0.15, -0.1) is 0 Å². The fraction of sp³-hybridized carbons (Fsp3) is 0.364. The van der Waals surface area contributed by atoms with Crippen LogP contribution < -0.4 is 14.8 Å². The zero-order chi connectivity index (χ0) is 20.2. The molecule has 1 unspecified atom stereocenters. The van der Waals surface area contributed by atoms with Crippen LogP contribution in [0, 0.1) is 5.92 Å². The molecule has 0 aliphatic carbocycles. The molecule has 1 N–H and O–H groups in total. The minimum atomic E-state index is -0.254. The predicted molar refractivity (Wildman–Crippen MR) is 111 cm³/mol. The van der Waals surface area contributed by atoms with Crippen LogP contribution in [-0.4, -0.2) is 43.0 Å². The lowest BCUT2D eigenvalue weighted by atomic mass is 9.96. The molecule has 29 heavy (non-hydrogen) atoms. The molecule has 4 rings (SSSR count). The summed E-state index contributed by atoms with van der Waals surface area (Å²) in [5, 5.41) is 3.55. The zero-order valence-corrected chi connectivity index (χ0v) is 16.8. The first-order valence-corrected chi connectivity index (χ1v) is 10.2. The third kappa shape index (κ3) is 4.65. The highest BCUT2D eigenvalue weighted by molar-refractivity contribution is 6.30. The van der Waals surface area contributed by atoms with Gasteiger partial charge < -0.3 is 19.7 Å². The quantitative estimate of drug-likeness (QED) is 0.824. The van der Waals surface area contributed by atoms with E-state index in [2.05, 4.69) is 5.32 Å². The molecule has 0 saturated carbocycles. The van der Waals surface area contributed by atoms with Gasteiger partial charge in [0.25, 0.3) is 5.91 Å². The average molecular weight is 415 g/mol. The van der Waals surface area contributed by atoms with Gasteiger partial charge in [0.2, 0.25) is 5.91 Å². The van der Waals surface area contributed by atoms with Gasteiger partial charge in [-0.1, -0.05) is 11.6 Å². The fourth-order valence-electron chi connectivity index (χ4n) is 3.64. The molecule has 6 nitrogen and oxygen atoms in total. The largest absolute Gasteiger partial charge is 0.490 e. The summed E-state index contributed by atoms with van der Waals surface area (Å²) < 4.78 is 11.3. The van der Waals surface area contributed by atoms with Crippen molar-refractivity contribution >= 4 is 29.1 Å². The van der Waals surface area contributed by atoms with Crippen molar-refractivity contribution in [3.63, 3.8) is 0 Å². The molecule has 1 atom stereocenters. The molecule has 2 aromatic carbocycles. The SMILES string of the molecule is O=C(Nc1ccc2c(c1)OCCCO2)C1CCCN(C(=O)c2ccc(Cl)cc2)C1. The van der Waals surface area contributed by atoms with Gasteiger partial charge in [0.05, 0.1) is 19.1 Å². The normalized spacial score (nSPS) is 18.7. The van der Waals surface area contributed by atoms with E-state index in [1.807, 2.05) is 12.1 Å². The van der Waals surface area contributed by atoms with Crippen molar-refractivity contribution < 1.29 is 19.1 Å². The van der Waals surface area contributed by atoms with Gasteiger partial charge >= 0.3 is 0 Å². The van der Waals surface area contributed by atoms with Crippen LogP contribution in [0.1, 0.15) is 29.6 Å². The van der Waals surface area contributed by atoms with Gasteiger partial charge in [-0.05, 0) is 49.2 Å². The summed E-state index contributed by atoms with van der Waals surface area (Å²) in [6, 6.07) is 12.2. The first-order valence-electron chi connectivity index (χ1n) is 9.85. The minimum absolute atomic E-state index is 0.0743. The number of anilines is 1. The number of rotatable bonds is 3. The molecule has 1 fully saturated rings. The third-order valence-electron chi connectivity index (χ3n) is 5.19. The maximum Gasteiger partial charge on any atom is 0.253 e. The molecule has 0 aromatic heterocycles. The van der Waals surface area contributed by atoms with E-state index in [1.54, 1.807) is 35.2 Å². The van der Waals surface area contributed by atoms with Crippen molar-refractivity contribution in [1.29, 1.82) is 0 Å². The maximum atomic E-state index is 12.8. The van der Waals surface area contributed by atoms with Gasteiger partial charge in [0.1, 0.15) is 0 Å². The highest BCUT2D eigenvalue weighted by atomic mass is 35.5. The lowest BCUT2D eigenvalue weighted by molar-refractivity contribution is -0.121. The lowest BCUT2D eigenvalue weighted by Gasteiger charge is -2.32. The molecule has 2 aliphatic heterocycles. The van der Waals surface area contributed by atoms with Crippen molar-refractivity contribution in [3.05, 3.63) is 53.1 Å². The predicted octanol–water partition coefficient (Wildman–Crippen LogP) is 3.99. The minimum Gasteiger partial charge on any atom is -0.490 e. The summed E-state index contributed by atoms with van der Waals surface area (Å²) in [5.41, 5.74) is 1.25. The summed E-state index contributed by atoms with van der Waals surface area (Å²) in [6.07, 6.45) is 2.37. The molecule has 0 spiro atoms. The Bertz CT molecular complexity index is 900. The van der Waals surface area contributed by atoms with Gasteiger partial charge in [0, 0.05) is 41.9 Å².